The third kappa shape index (κ3) is 4.88. The number of para-hydroxylation sites is 1. The van der Waals surface area contributed by atoms with Crippen LogP contribution in [0.5, 0.6) is 0 Å². The minimum Gasteiger partial charge on any atom is -0.304 e. The number of rotatable bonds is 4. The maximum atomic E-state index is 8.79. The molecule has 12 aliphatic rings. The first-order valence-corrected chi connectivity index (χ1v) is 19.5. The Kier molecular flexibility index (Phi) is 7.42. The molecule has 12 fully saturated rings. The van der Waals surface area contributed by atoms with Gasteiger partial charge in [0.2, 0.25) is 0 Å². The molecule has 0 unspecified atom stereocenters. The molecule has 2 nitrogen and oxygen atoms in total. The molecule has 232 valence electrons. The maximum Gasteiger partial charge on any atom is 0.388 e. The summed E-state index contributed by atoms with van der Waals surface area (Å²) < 4.78 is 0. The summed E-state index contributed by atoms with van der Waals surface area (Å²) in [5.41, 5.74) is 0.780. The zero-order valence-electron chi connectivity index (χ0n) is 26.0. The van der Waals surface area contributed by atoms with Crippen LogP contribution in [0, 0.1) is 59.3 Å². The van der Waals surface area contributed by atoms with Gasteiger partial charge in [0.15, 0.2) is 0 Å². The fourth-order valence-corrected chi connectivity index (χ4v) is 23.4. The Labute approximate surface area is 270 Å². The molecule has 1 amide bonds. The van der Waals surface area contributed by atoms with Gasteiger partial charge in [-0.05, 0) is 169 Å². The smallest absolute Gasteiger partial charge is 0.304 e. The van der Waals surface area contributed by atoms with E-state index in [0.717, 1.165) is 21.2 Å². The fraction of sp³-hybridized carbons (Fsp3) is 0.816. The molecular formula is C38H55NOPPd+. The SMILES string of the molecule is C1C2CC3CC1CC([PH+](C14CC5CC(CC(C5)C1)C4)C14CC5CC(CC(C5)C1)C4)(C2)C3.CC(=[OH+])Nc1[c-]cccc1.[Pd]. The van der Waals surface area contributed by atoms with Crippen molar-refractivity contribution in [1.82, 2.24) is 0 Å². The molecule has 0 radical (unpaired) electrons. The van der Waals surface area contributed by atoms with Crippen LogP contribution in [0.4, 0.5) is 5.69 Å². The number of benzene rings is 1. The van der Waals surface area contributed by atoms with Crippen LogP contribution < -0.4 is 5.32 Å². The second-order valence-corrected chi connectivity index (χ2v) is 21.9. The Hall–Kier alpha value is -0.218. The third-order valence-corrected chi connectivity index (χ3v) is 19.7. The number of hydrogen-bond donors (Lipinski definition) is 1. The van der Waals surface area contributed by atoms with Gasteiger partial charge in [-0.15, -0.1) is 6.07 Å². The van der Waals surface area contributed by atoms with Crippen LogP contribution in [0.15, 0.2) is 24.3 Å². The number of amides is 1. The van der Waals surface area contributed by atoms with Crippen molar-refractivity contribution in [2.45, 2.75) is 138 Å². The third-order valence-electron chi connectivity index (χ3n) is 14.7. The predicted molar refractivity (Wildman–Crippen MR) is 173 cm³/mol. The van der Waals surface area contributed by atoms with Crippen LogP contribution in [0.3, 0.4) is 0 Å². The summed E-state index contributed by atoms with van der Waals surface area (Å²) in [4.78, 5) is 8.79. The molecule has 0 aliphatic heterocycles. The minimum absolute atomic E-state index is 0. The van der Waals surface area contributed by atoms with E-state index >= 15 is 0 Å². The number of nitrogens with one attached hydrogen (secondary N) is 1. The Morgan fingerprint density at radius 2 is 0.929 bits per heavy atom. The van der Waals surface area contributed by atoms with E-state index in [4.69, 9.17) is 4.79 Å². The van der Waals surface area contributed by atoms with Crippen molar-refractivity contribution in [1.29, 1.82) is 0 Å². The maximum absolute atomic E-state index is 8.79. The molecule has 12 bridgehead atoms. The average molecular weight is 679 g/mol. The van der Waals surface area contributed by atoms with E-state index in [2.05, 4.69) is 11.4 Å². The minimum atomic E-state index is -0.327. The first-order chi connectivity index (χ1) is 19.9. The molecule has 1 aromatic carbocycles. The fourth-order valence-electron chi connectivity index (χ4n) is 15.6. The van der Waals surface area contributed by atoms with Gasteiger partial charge in [-0.25, -0.2) is 0 Å². The van der Waals surface area contributed by atoms with E-state index in [9.17, 15) is 0 Å². The number of anilines is 1. The molecule has 2 N–H and O–H groups in total. The van der Waals surface area contributed by atoms with Gasteiger partial charge in [-0.3, -0.25) is 4.79 Å². The van der Waals surface area contributed by atoms with Crippen molar-refractivity contribution in [2.75, 3.05) is 5.32 Å². The zero-order valence-corrected chi connectivity index (χ0v) is 28.6. The normalized spacial score (nSPS) is 50.5. The predicted octanol–water partition coefficient (Wildman–Crippen LogP) is 9.53. The summed E-state index contributed by atoms with van der Waals surface area (Å²) >= 11 is 0. The van der Waals surface area contributed by atoms with E-state index < -0.39 is 0 Å². The van der Waals surface area contributed by atoms with Gasteiger partial charge in [-0.2, -0.15) is 24.3 Å². The van der Waals surface area contributed by atoms with Crippen LogP contribution in [0.2, 0.25) is 0 Å². The Bertz CT molecular complexity index is 968. The van der Waals surface area contributed by atoms with E-state index in [1.165, 1.54) is 53.3 Å². The standard InChI is InChI=1S/C30H45P.C8H8NO.Pd/c1-19-2-21-3-20(1)11-28(10-19,12-21)31(29-13-22-4-23(14-29)6-24(5-22)15-29)30-16-25-7-26(17-30)9-27(8-25)18-30;1-7(10)9-8-5-3-2-4-6-8;/h19-27H,1-18H2;2-5H,1H3,(H,9,10);/q;-1;/p+2. The molecule has 42 heavy (non-hydrogen) atoms. The van der Waals surface area contributed by atoms with Crippen LogP contribution in [0.25, 0.3) is 0 Å². The summed E-state index contributed by atoms with van der Waals surface area (Å²) in [6.07, 6.45) is 30.7. The van der Waals surface area contributed by atoms with Crippen molar-refractivity contribution >= 4 is 19.5 Å². The van der Waals surface area contributed by atoms with Crippen molar-refractivity contribution in [2.24, 2.45) is 53.3 Å². The molecule has 0 atom stereocenters. The largest absolute Gasteiger partial charge is 0.388 e. The van der Waals surface area contributed by atoms with E-state index in [1.807, 2.05) is 18.2 Å². The van der Waals surface area contributed by atoms with Crippen LogP contribution >= 0.6 is 7.92 Å². The molecule has 0 aromatic heterocycles. The van der Waals surface area contributed by atoms with Crippen molar-refractivity contribution in [3.05, 3.63) is 30.3 Å². The van der Waals surface area contributed by atoms with Crippen molar-refractivity contribution < 1.29 is 25.2 Å². The van der Waals surface area contributed by atoms with E-state index in [0.29, 0.717) is 0 Å². The second-order valence-electron chi connectivity index (χ2n) is 18.0. The average Bonchev–Trinajstić information content (AvgIpc) is 2.86. The van der Waals surface area contributed by atoms with E-state index in [-0.39, 0.29) is 34.3 Å². The van der Waals surface area contributed by atoms with Crippen molar-refractivity contribution in [3.8, 4) is 0 Å². The van der Waals surface area contributed by atoms with Gasteiger partial charge in [0, 0.05) is 28.3 Å². The quantitative estimate of drug-likeness (QED) is 0.143. The second kappa shape index (κ2) is 10.7. The Morgan fingerprint density at radius 3 is 1.17 bits per heavy atom. The molecule has 13 rings (SSSR count). The molecular weight excluding hydrogens is 624 g/mol. The van der Waals surface area contributed by atoms with Crippen molar-refractivity contribution in [3.63, 3.8) is 0 Å². The molecule has 12 aliphatic carbocycles. The summed E-state index contributed by atoms with van der Waals surface area (Å²) in [6.45, 7) is 1.58. The summed E-state index contributed by atoms with van der Waals surface area (Å²) in [6, 6.07) is 10.3. The van der Waals surface area contributed by atoms with Gasteiger partial charge in [0.25, 0.3) is 0 Å². The summed E-state index contributed by atoms with van der Waals surface area (Å²) in [5, 5.41) is 5.46. The van der Waals surface area contributed by atoms with Crippen LogP contribution in [-0.4, -0.2) is 26.2 Å². The van der Waals surface area contributed by atoms with Gasteiger partial charge in [0.1, 0.15) is 0 Å². The molecule has 1 aromatic rings. The van der Waals surface area contributed by atoms with Crippen LogP contribution in [0.1, 0.15) is 122 Å². The molecule has 0 heterocycles. The van der Waals surface area contributed by atoms with Gasteiger partial charge < -0.3 is 5.32 Å². The molecule has 0 spiro atoms. The van der Waals surface area contributed by atoms with Gasteiger partial charge in [0.05, 0.1) is 22.4 Å². The zero-order chi connectivity index (χ0) is 27.4. The number of hydrogen-bond acceptors (Lipinski definition) is 0. The molecule has 0 saturated heterocycles. The van der Waals surface area contributed by atoms with Crippen LogP contribution in [-0.2, 0) is 20.4 Å². The summed E-state index contributed by atoms with van der Waals surface area (Å²) in [7, 11) is -0.327. The first kappa shape index (κ1) is 29.2. The molecule has 4 heteroatoms. The first-order valence-electron chi connectivity index (χ1n) is 18.0. The monoisotopic (exact) mass is 678 g/mol. The Balaban J connectivity index is 0.000000210. The van der Waals surface area contributed by atoms with E-state index in [1.54, 1.807) is 129 Å². The summed E-state index contributed by atoms with van der Waals surface area (Å²) in [5.74, 6) is 10.8. The molecule has 12 saturated carbocycles. The van der Waals surface area contributed by atoms with Gasteiger partial charge >= 0.3 is 5.91 Å². The Morgan fingerprint density at radius 1 is 0.619 bits per heavy atom. The number of carbonyl (C=O) groups excluding carboxylic acids is 1. The topological polar surface area (TPSA) is 33.4 Å². The van der Waals surface area contributed by atoms with Gasteiger partial charge in [-0.1, -0.05) is 5.69 Å².